The Morgan fingerprint density at radius 3 is 2.86 bits per heavy atom. The zero-order valence-corrected chi connectivity index (χ0v) is 11.4. The van der Waals surface area contributed by atoms with Crippen molar-refractivity contribution in [2.45, 2.75) is 12.3 Å². The summed E-state index contributed by atoms with van der Waals surface area (Å²) in [5, 5.41) is 5.27. The Morgan fingerprint density at radius 2 is 2.10 bits per heavy atom. The molecule has 1 aromatic carbocycles. The lowest BCUT2D eigenvalue weighted by molar-refractivity contribution is 0.251. The van der Waals surface area contributed by atoms with Gasteiger partial charge in [0, 0.05) is 12.7 Å². The fourth-order valence-electron chi connectivity index (χ4n) is 2.45. The van der Waals surface area contributed by atoms with E-state index in [1.807, 2.05) is 18.2 Å². The van der Waals surface area contributed by atoms with Crippen molar-refractivity contribution in [3.05, 3.63) is 60.2 Å². The van der Waals surface area contributed by atoms with Gasteiger partial charge in [-0.2, -0.15) is 0 Å². The van der Waals surface area contributed by atoms with Gasteiger partial charge in [-0.05, 0) is 29.9 Å². The minimum atomic E-state index is -0.541. The van der Waals surface area contributed by atoms with Crippen molar-refractivity contribution in [2.24, 2.45) is 5.92 Å². The second-order valence-corrected chi connectivity index (χ2v) is 5.20. The summed E-state index contributed by atoms with van der Waals surface area (Å²) in [5.74, 6) is 0.436. The molecule has 2 amide bonds. The number of nitrogens with one attached hydrogen (secondary N) is 2. The molecule has 0 unspecified atom stereocenters. The summed E-state index contributed by atoms with van der Waals surface area (Å²) >= 11 is 0. The van der Waals surface area contributed by atoms with Crippen molar-refractivity contribution in [3.63, 3.8) is 0 Å². The average molecular weight is 285 g/mol. The van der Waals surface area contributed by atoms with E-state index in [1.165, 1.54) is 17.8 Å². The Morgan fingerprint density at radius 1 is 1.29 bits per heavy atom. The SMILES string of the molecule is O=C(NC[C@@H]1C[C@H]1c1ccccc1)Nc1ccncc1F. The first-order valence-corrected chi connectivity index (χ1v) is 6.93. The Balaban J connectivity index is 1.47. The topological polar surface area (TPSA) is 54.0 Å². The van der Waals surface area contributed by atoms with Crippen LogP contribution < -0.4 is 10.6 Å². The first kappa shape index (κ1) is 13.5. The number of benzene rings is 1. The maximum absolute atomic E-state index is 13.3. The van der Waals surface area contributed by atoms with Gasteiger partial charge in [0.05, 0.1) is 11.9 Å². The van der Waals surface area contributed by atoms with Crippen molar-refractivity contribution >= 4 is 11.7 Å². The maximum atomic E-state index is 13.3. The summed E-state index contributed by atoms with van der Waals surface area (Å²) in [6.45, 7) is 0.595. The molecule has 5 heteroatoms. The molecule has 1 saturated carbocycles. The molecule has 0 aliphatic heterocycles. The van der Waals surface area contributed by atoms with Gasteiger partial charge in [-0.15, -0.1) is 0 Å². The molecule has 1 aromatic heterocycles. The third-order valence-electron chi connectivity index (χ3n) is 3.70. The molecule has 0 radical (unpaired) electrons. The van der Waals surface area contributed by atoms with Crippen LogP contribution in [0.5, 0.6) is 0 Å². The van der Waals surface area contributed by atoms with Crippen LogP contribution in [0.2, 0.25) is 0 Å². The lowest BCUT2D eigenvalue weighted by atomic mass is 10.1. The molecule has 1 fully saturated rings. The number of anilines is 1. The summed E-state index contributed by atoms with van der Waals surface area (Å²) < 4.78 is 13.3. The smallest absolute Gasteiger partial charge is 0.319 e. The van der Waals surface area contributed by atoms with Gasteiger partial charge in [0.2, 0.25) is 0 Å². The Labute approximate surface area is 122 Å². The Kier molecular flexibility index (Phi) is 3.81. The lowest BCUT2D eigenvalue weighted by Gasteiger charge is -2.08. The van der Waals surface area contributed by atoms with Crippen LogP contribution in [0.1, 0.15) is 17.9 Å². The summed E-state index contributed by atoms with van der Waals surface area (Å²) in [5.41, 5.74) is 1.45. The molecule has 21 heavy (non-hydrogen) atoms. The molecule has 2 N–H and O–H groups in total. The first-order valence-electron chi connectivity index (χ1n) is 6.93. The molecule has 4 nitrogen and oxygen atoms in total. The molecule has 1 aliphatic rings. The Bertz CT molecular complexity index is 632. The van der Waals surface area contributed by atoms with Crippen LogP contribution in [-0.2, 0) is 0 Å². The van der Waals surface area contributed by atoms with Crippen LogP contribution in [0.15, 0.2) is 48.8 Å². The van der Waals surface area contributed by atoms with Gasteiger partial charge < -0.3 is 10.6 Å². The van der Waals surface area contributed by atoms with Crippen molar-refractivity contribution in [1.82, 2.24) is 10.3 Å². The molecule has 108 valence electrons. The van der Waals surface area contributed by atoms with Crippen LogP contribution in [0, 0.1) is 11.7 Å². The van der Waals surface area contributed by atoms with Gasteiger partial charge in [0.1, 0.15) is 0 Å². The predicted molar refractivity (Wildman–Crippen MR) is 78.5 cm³/mol. The fourth-order valence-corrected chi connectivity index (χ4v) is 2.45. The predicted octanol–water partition coefficient (Wildman–Crippen LogP) is 3.15. The number of hydrogen-bond donors (Lipinski definition) is 2. The molecule has 0 saturated heterocycles. The normalized spacial score (nSPS) is 19.9. The summed E-state index contributed by atoms with van der Waals surface area (Å²) in [6.07, 6.45) is 3.58. The van der Waals surface area contributed by atoms with E-state index in [0.29, 0.717) is 18.4 Å². The minimum Gasteiger partial charge on any atom is -0.338 e. The monoisotopic (exact) mass is 285 g/mol. The number of amides is 2. The zero-order chi connectivity index (χ0) is 14.7. The van der Waals surface area contributed by atoms with E-state index < -0.39 is 5.82 Å². The third kappa shape index (κ3) is 3.37. The number of halogens is 1. The van der Waals surface area contributed by atoms with Gasteiger partial charge in [-0.3, -0.25) is 4.98 Å². The molecule has 0 spiro atoms. The van der Waals surface area contributed by atoms with Crippen LogP contribution in [0.3, 0.4) is 0 Å². The van der Waals surface area contributed by atoms with Crippen LogP contribution >= 0.6 is 0 Å². The van der Waals surface area contributed by atoms with E-state index >= 15 is 0 Å². The number of carbonyl (C=O) groups is 1. The third-order valence-corrected chi connectivity index (χ3v) is 3.70. The number of rotatable bonds is 4. The van der Waals surface area contributed by atoms with Crippen molar-refractivity contribution in [3.8, 4) is 0 Å². The summed E-state index contributed by atoms with van der Waals surface area (Å²) in [4.78, 5) is 15.4. The van der Waals surface area contributed by atoms with Gasteiger partial charge in [0.25, 0.3) is 0 Å². The van der Waals surface area contributed by atoms with Gasteiger partial charge in [-0.25, -0.2) is 9.18 Å². The molecule has 1 aliphatic carbocycles. The number of nitrogens with zero attached hydrogens (tertiary/aromatic N) is 1. The summed E-state index contributed by atoms with van der Waals surface area (Å²) in [7, 11) is 0. The fraction of sp³-hybridized carbons (Fsp3) is 0.250. The summed E-state index contributed by atoms with van der Waals surface area (Å²) in [6, 6.07) is 11.3. The highest BCUT2D eigenvalue weighted by atomic mass is 19.1. The van der Waals surface area contributed by atoms with E-state index in [4.69, 9.17) is 0 Å². The standard InChI is InChI=1S/C16H16FN3O/c17-14-10-18-7-6-15(14)20-16(21)19-9-12-8-13(12)11-4-2-1-3-5-11/h1-7,10,12-13H,8-9H2,(H2,18,19,20,21)/t12-,13-/m0/s1. The number of hydrogen-bond acceptors (Lipinski definition) is 2. The number of carbonyl (C=O) groups excluding carboxylic acids is 1. The van der Waals surface area contributed by atoms with Gasteiger partial charge >= 0.3 is 6.03 Å². The minimum absolute atomic E-state index is 0.137. The zero-order valence-electron chi connectivity index (χ0n) is 11.4. The molecule has 2 aromatic rings. The van der Waals surface area contributed by atoms with Crippen LogP contribution in [-0.4, -0.2) is 17.6 Å². The van der Waals surface area contributed by atoms with Gasteiger partial charge in [-0.1, -0.05) is 30.3 Å². The molecule has 2 atom stereocenters. The first-order chi connectivity index (χ1) is 10.2. The number of urea groups is 1. The molecule has 1 heterocycles. The molecular formula is C16H16FN3O. The quantitative estimate of drug-likeness (QED) is 0.906. The highest BCUT2D eigenvalue weighted by Crippen LogP contribution is 2.46. The second-order valence-electron chi connectivity index (χ2n) is 5.20. The Hall–Kier alpha value is -2.43. The van der Waals surface area contributed by atoms with Crippen LogP contribution in [0.4, 0.5) is 14.9 Å². The average Bonchev–Trinajstić information content (AvgIpc) is 3.28. The largest absolute Gasteiger partial charge is 0.338 e. The lowest BCUT2D eigenvalue weighted by Crippen LogP contribution is -2.31. The van der Waals surface area contributed by atoms with Crippen molar-refractivity contribution < 1.29 is 9.18 Å². The second kappa shape index (κ2) is 5.91. The van der Waals surface area contributed by atoms with E-state index in [0.717, 1.165) is 12.6 Å². The molecule has 0 bridgehead atoms. The van der Waals surface area contributed by atoms with E-state index in [2.05, 4.69) is 27.8 Å². The van der Waals surface area contributed by atoms with Gasteiger partial charge in [0.15, 0.2) is 5.82 Å². The van der Waals surface area contributed by atoms with E-state index in [-0.39, 0.29) is 11.7 Å². The van der Waals surface area contributed by atoms with E-state index in [9.17, 15) is 9.18 Å². The van der Waals surface area contributed by atoms with Crippen LogP contribution in [0.25, 0.3) is 0 Å². The van der Waals surface area contributed by atoms with E-state index in [1.54, 1.807) is 0 Å². The van der Waals surface area contributed by atoms with Crippen molar-refractivity contribution in [1.29, 1.82) is 0 Å². The highest BCUT2D eigenvalue weighted by molar-refractivity contribution is 5.89. The molecule has 3 rings (SSSR count). The number of pyridine rings is 1. The maximum Gasteiger partial charge on any atom is 0.319 e. The number of aromatic nitrogens is 1. The molecular weight excluding hydrogens is 269 g/mol. The highest BCUT2D eigenvalue weighted by Gasteiger charge is 2.37. The van der Waals surface area contributed by atoms with Crippen molar-refractivity contribution in [2.75, 3.05) is 11.9 Å².